The Hall–Kier alpha value is -1.41. The van der Waals surface area contributed by atoms with Gasteiger partial charge in [-0.15, -0.1) is 0 Å². The van der Waals surface area contributed by atoms with E-state index in [0.29, 0.717) is 18.5 Å². The van der Waals surface area contributed by atoms with Crippen LogP contribution in [-0.2, 0) is 21.1 Å². The highest BCUT2D eigenvalue weighted by molar-refractivity contribution is 9.10. The van der Waals surface area contributed by atoms with Crippen LogP contribution in [0.15, 0.2) is 22.7 Å². The van der Waals surface area contributed by atoms with E-state index in [-0.39, 0.29) is 18.9 Å². The third-order valence-electron chi connectivity index (χ3n) is 4.37. The number of amides is 1. The zero-order valence-electron chi connectivity index (χ0n) is 12.9. The van der Waals surface area contributed by atoms with Crippen LogP contribution in [0.2, 0.25) is 0 Å². The summed E-state index contributed by atoms with van der Waals surface area (Å²) in [6, 6.07) is 5.39. The number of carbonyl (C=O) groups is 2. The molecule has 1 amide bonds. The lowest BCUT2D eigenvalue weighted by Crippen LogP contribution is -2.47. The second-order valence-corrected chi connectivity index (χ2v) is 9.26. The van der Waals surface area contributed by atoms with Gasteiger partial charge >= 0.3 is 5.97 Å². The van der Waals surface area contributed by atoms with E-state index in [9.17, 15) is 23.1 Å². The van der Waals surface area contributed by atoms with E-state index in [1.165, 1.54) is 11.8 Å². The summed E-state index contributed by atoms with van der Waals surface area (Å²) < 4.78 is 22.6. The number of nitrogens with zero attached hydrogens (tertiary/aromatic N) is 1. The summed E-state index contributed by atoms with van der Waals surface area (Å²) in [6.07, 6.45) is 1.42. The molecule has 23 heavy (non-hydrogen) atoms. The number of fused-ring (bicyclic) bond motifs is 1. The maximum absolute atomic E-state index is 12.5. The fraction of sp³-hybridized carbons (Fsp3) is 0.467. The summed E-state index contributed by atoms with van der Waals surface area (Å²) in [7, 11) is -3.79. The number of carboxylic acid groups (broad SMARTS) is 1. The fourth-order valence-corrected chi connectivity index (χ4v) is 3.71. The van der Waals surface area contributed by atoms with Crippen molar-refractivity contribution in [2.45, 2.75) is 24.5 Å². The normalized spacial score (nSPS) is 17.5. The van der Waals surface area contributed by atoms with Crippen molar-refractivity contribution >= 4 is 37.6 Å². The van der Waals surface area contributed by atoms with Crippen LogP contribution in [0, 0.1) is 0 Å². The van der Waals surface area contributed by atoms with Gasteiger partial charge in [-0.05, 0) is 43.5 Å². The van der Waals surface area contributed by atoms with Crippen LogP contribution in [0.5, 0.6) is 0 Å². The molecule has 0 saturated heterocycles. The van der Waals surface area contributed by atoms with Gasteiger partial charge in [-0.3, -0.25) is 9.59 Å². The van der Waals surface area contributed by atoms with Gasteiger partial charge in [-0.1, -0.05) is 15.9 Å². The van der Waals surface area contributed by atoms with Crippen molar-refractivity contribution < 1.29 is 23.1 Å². The third kappa shape index (κ3) is 3.42. The van der Waals surface area contributed by atoms with Crippen molar-refractivity contribution in [3.05, 3.63) is 33.8 Å². The van der Waals surface area contributed by atoms with Crippen LogP contribution in [0.25, 0.3) is 0 Å². The van der Waals surface area contributed by atoms with Crippen molar-refractivity contribution in [1.29, 1.82) is 0 Å². The zero-order chi connectivity index (χ0) is 17.4. The van der Waals surface area contributed by atoms with Gasteiger partial charge in [0.15, 0.2) is 14.6 Å². The molecule has 0 radical (unpaired) electrons. The number of aliphatic carboxylic acids is 1. The van der Waals surface area contributed by atoms with E-state index in [0.717, 1.165) is 16.3 Å². The molecule has 8 heteroatoms. The van der Waals surface area contributed by atoms with Crippen molar-refractivity contribution in [3.63, 3.8) is 0 Å². The minimum absolute atomic E-state index is 0.0875. The molecule has 2 rings (SSSR count). The number of benzene rings is 1. The van der Waals surface area contributed by atoms with E-state index in [4.69, 9.17) is 0 Å². The molecule has 0 spiro atoms. The van der Waals surface area contributed by atoms with Crippen LogP contribution in [0.1, 0.15) is 29.3 Å². The van der Waals surface area contributed by atoms with Gasteiger partial charge in [0.25, 0.3) is 5.91 Å². The molecule has 1 aliphatic rings. The van der Waals surface area contributed by atoms with Gasteiger partial charge in [-0.2, -0.15) is 0 Å². The SMILES string of the molecule is CC(CCN1CCc2cc(Br)ccc2C1=O)(C(=O)O)S(C)(=O)=O. The van der Waals surface area contributed by atoms with E-state index in [1.807, 2.05) is 6.07 Å². The minimum atomic E-state index is -3.79. The van der Waals surface area contributed by atoms with Crippen molar-refractivity contribution in [2.24, 2.45) is 0 Å². The molecule has 0 aliphatic carbocycles. The molecular weight excluding hydrogens is 386 g/mol. The average Bonchev–Trinajstić information content (AvgIpc) is 2.44. The Balaban J connectivity index is 2.18. The number of halogens is 1. The van der Waals surface area contributed by atoms with Crippen LogP contribution >= 0.6 is 15.9 Å². The molecule has 1 heterocycles. The largest absolute Gasteiger partial charge is 0.480 e. The highest BCUT2D eigenvalue weighted by atomic mass is 79.9. The lowest BCUT2D eigenvalue weighted by molar-refractivity contribution is -0.139. The second kappa shape index (κ2) is 6.24. The Kier molecular flexibility index (Phi) is 4.86. The minimum Gasteiger partial charge on any atom is -0.480 e. The molecule has 1 aromatic rings. The summed E-state index contributed by atoms with van der Waals surface area (Å²) in [4.78, 5) is 25.4. The molecule has 0 aromatic heterocycles. The lowest BCUT2D eigenvalue weighted by Gasteiger charge is -2.31. The third-order valence-corrected chi connectivity index (χ3v) is 6.87. The molecule has 126 valence electrons. The zero-order valence-corrected chi connectivity index (χ0v) is 15.3. The van der Waals surface area contributed by atoms with Gasteiger partial charge in [0.2, 0.25) is 0 Å². The first-order valence-electron chi connectivity index (χ1n) is 7.07. The van der Waals surface area contributed by atoms with Crippen LogP contribution in [0.3, 0.4) is 0 Å². The predicted octanol–water partition coefficient (Wildman–Crippen LogP) is 1.73. The standard InChI is InChI=1S/C15H18BrNO5S/c1-15(14(19)20,23(2,21)22)6-8-17-7-5-10-9-11(16)3-4-12(10)13(17)18/h3-4,9H,5-8H2,1-2H3,(H,19,20). The number of rotatable bonds is 5. The quantitative estimate of drug-likeness (QED) is 0.807. The molecule has 1 aromatic carbocycles. The summed E-state index contributed by atoms with van der Waals surface area (Å²) in [5, 5.41) is 9.26. The maximum Gasteiger partial charge on any atom is 0.324 e. The van der Waals surface area contributed by atoms with Crippen molar-refractivity contribution in [1.82, 2.24) is 4.90 Å². The van der Waals surface area contributed by atoms with Gasteiger partial charge in [-0.25, -0.2) is 8.42 Å². The number of hydrogen-bond donors (Lipinski definition) is 1. The van der Waals surface area contributed by atoms with Crippen LogP contribution in [-0.4, -0.2) is 54.4 Å². The lowest BCUT2D eigenvalue weighted by atomic mass is 9.98. The molecule has 0 bridgehead atoms. The fourth-order valence-electron chi connectivity index (χ4n) is 2.52. The van der Waals surface area contributed by atoms with E-state index in [2.05, 4.69) is 15.9 Å². The molecule has 1 aliphatic heterocycles. The predicted molar refractivity (Wildman–Crippen MR) is 89.3 cm³/mol. The van der Waals surface area contributed by atoms with Gasteiger partial charge < -0.3 is 10.0 Å². The van der Waals surface area contributed by atoms with Gasteiger partial charge in [0.1, 0.15) is 0 Å². The number of sulfone groups is 1. The van der Waals surface area contributed by atoms with E-state index in [1.54, 1.807) is 12.1 Å². The monoisotopic (exact) mass is 403 g/mol. The van der Waals surface area contributed by atoms with Crippen LogP contribution < -0.4 is 0 Å². The van der Waals surface area contributed by atoms with Gasteiger partial charge in [0.05, 0.1) is 0 Å². The molecule has 6 nitrogen and oxygen atoms in total. The highest BCUT2D eigenvalue weighted by Gasteiger charge is 2.44. The second-order valence-electron chi connectivity index (χ2n) is 5.90. The maximum atomic E-state index is 12.5. The first-order valence-corrected chi connectivity index (χ1v) is 9.75. The molecule has 0 fully saturated rings. The number of hydrogen-bond acceptors (Lipinski definition) is 4. The number of carbonyl (C=O) groups excluding carboxylic acids is 1. The molecule has 1 N–H and O–H groups in total. The Morgan fingerprint density at radius 2 is 2.09 bits per heavy atom. The molecule has 0 saturated carbocycles. The topological polar surface area (TPSA) is 91.8 Å². The van der Waals surface area contributed by atoms with E-state index < -0.39 is 20.6 Å². The summed E-state index contributed by atoms with van der Waals surface area (Å²) in [6.45, 7) is 1.72. The Bertz CT molecular complexity index is 761. The number of carboxylic acids is 1. The first kappa shape index (κ1) is 17.9. The van der Waals surface area contributed by atoms with Crippen molar-refractivity contribution in [2.75, 3.05) is 19.3 Å². The Morgan fingerprint density at radius 3 is 2.65 bits per heavy atom. The first-order chi connectivity index (χ1) is 10.6. The molecule has 1 unspecified atom stereocenters. The Labute approximate surface area is 143 Å². The Morgan fingerprint density at radius 1 is 1.43 bits per heavy atom. The average molecular weight is 404 g/mol. The summed E-state index contributed by atoms with van der Waals surface area (Å²) >= 11 is 3.36. The van der Waals surface area contributed by atoms with Crippen LogP contribution in [0.4, 0.5) is 0 Å². The molecule has 1 atom stereocenters. The smallest absolute Gasteiger partial charge is 0.324 e. The summed E-state index contributed by atoms with van der Waals surface area (Å²) in [5.74, 6) is -1.59. The van der Waals surface area contributed by atoms with Crippen molar-refractivity contribution in [3.8, 4) is 0 Å². The summed E-state index contributed by atoms with van der Waals surface area (Å²) in [5.41, 5.74) is 1.51. The van der Waals surface area contributed by atoms with E-state index >= 15 is 0 Å². The molecular formula is C15H18BrNO5S. The van der Waals surface area contributed by atoms with Gasteiger partial charge in [0, 0.05) is 29.4 Å². The highest BCUT2D eigenvalue weighted by Crippen LogP contribution is 2.26.